The highest BCUT2D eigenvalue weighted by atomic mass is 35.5. The SMILES string of the molecule is O=C(O)CCCc1nc(-c2ccc(Cl)c(Cl)c2)c(-c2cccnc2)o1. The number of benzene rings is 1. The van der Waals surface area contributed by atoms with Gasteiger partial charge in [0.1, 0.15) is 5.69 Å². The molecule has 1 N–H and O–H groups in total. The molecule has 0 amide bonds. The van der Waals surface area contributed by atoms with Crippen LogP contribution in [0.4, 0.5) is 0 Å². The molecule has 0 saturated carbocycles. The Morgan fingerprint density at radius 1 is 1.16 bits per heavy atom. The van der Waals surface area contributed by atoms with E-state index >= 15 is 0 Å². The van der Waals surface area contributed by atoms with E-state index in [2.05, 4.69) is 9.97 Å². The van der Waals surface area contributed by atoms with Gasteiger partial charge in [-0.3, -0.25) is 9.78 Å². The molecule has 0 atom stereocenters. The van der Waals surface area contributed by atoms with Gasteiger partial charge in [0.05, 0.1) is 10.0 Å². The average Bonchev–Trinajstić information content (AvgIpc) is 3.02. The van der Waals surface area contributed by atoms with Gasteiger partial charge in [-0.05, 0) is 30.7 Å². The van der Waals surface area contributed by atoms with Crippen molar-refractivity contribution in [3.8, 4) is 22.6 Å². The van der Waals surface area contributed by atoms with E-state index in [4.69, 9.17) is 32.7 Å². The molecule has 0 fully saturated rings. The van der Waals surface area contributed by atoms with Crippen LogP contribution in [0, 0.1) is 0 Å². The van der Waals surface area contributed by atoms with Gasteiger partial charge in [-0.2, -0.15) is 0 Å². The number of aromatic nitrogens is 2. The number of aliphatic carboxylic acids is 1. The van der Waals surface area contributed by atoms with E-state index < -0.39 is 5.97 Å². The highest BCUT2D eigenvalue weighted by Crippen LogP contribution is 2.35. The maximum Gasteiger partial charge on any atom is 0.303 e. The van der Waals surface area contributed by atoms with Crippen LogP contribution in [0.1, 0.15) is 18.7 Å². The Morgan fingerprint density at radius 3 is 2.68 bits per heavy atom. The van der Waals surface area contributed by atoms with Crippen molar-refractivity contribution in [2.45, 2.75) is 19.3 Å². The summed E-state index contributed by atoms with van der Waals surface area (Å²) in [7, 11) is 0. The summed E-state index contributed by atoms with van der Waals surface area (Å²) in [6.07, 6.45) is 4.30. The second-order valence-electron chi connectivity index (χ2n) is 5.40. The van der Waals surface area contributed by atoms with Crippen LogP contribution in [-0.4, -0.2) is 21.0 Å². The molecule has 0 bridgehead atoms. The highest BCUT2D eigenvalue weighted by molar-refractivity contribution is 6.42. The first kappa shape index (κ1) is 17.5. The molecule has 5 nitrogen and oxygen atoms in total. The van der Waals surface area contributed by atoms with Gasteiger partial charge in [0.25, 0.3) is 0 Å². The lowest BCUT2D eigenvalue weighted by molar-refractivity contribution is -0.137. The molecular weight excluding hydrogens is 363 g/mol. The zero-order chi connectivity index (χ0) is 17.8. The summed E-state index contributed by atoms with van der Waals surface area (Å²) in [5.74, 6) is 0.196. The van der Waals surface area contributed by atoms with Crippen LogP contribution < -0.4 is 0 Å². The molecule has 0 radical (unpaired) electrons. The highest BCUT2D eigenvalue weighted by Gasteiger charge is 2.18. The lowest BCUT2D eigenvalue weighted by Gasteiger charge is -2.02. The minimum atomic E-state index is -0.844. The first-order chi connectivity index (χ1) is 12.0. The molecule has 0 unspecified atom stereocenters. The largest absolute Gasteiger partial charge is 0.481 e. The van der Waals surface area contributed by atoms with E-state index in [1.54, 1.807) is 30.6 Å². The molecule has 25 heavy (non-hydrogen) atoms. The summed E-state index contributed by atoms with van der Waals surface area (Å²) in [4.78, 5) is 19.3. The van der Waals surface area contributed by atoms with Crippen molar-refractivity contribution in [1.82, 2.24) is 9.97 Å². The number of hydrogen-bond donors (Lipinski definition) is 1. The van der Waals surface area contributed by atoms with Crippen molar-refractivity contribution in [1.29, 1.82) is 0 Å². The average molecular weight is 377 g/mol. The van der Waals surface area contributed by atoms with Crippen LogP contribution in [0.3, 0.4) is 0 Å². The Hall–Kier alpha value is -2.37. The predicted molar refractivity (Wildman–Crippen MR) is 95.8 cm³/mol. The van der Waals surface area contributed by atoms with Gasteiger partial charge >= 0.3 is 5.97 Å². The van der Waals surface area contributed by atoms with E-state index in [0.717, 1.165) is 11.1 Å². The summed E-state index contributed by atoms with van der Waals surface area (Å²) in [5, 5.41) is 9.66. The van der Waals surface area contributed by atoms with E-state index in [1.165, 1.54) is 0 Å². The Balaban J connectivity index is 2.00. The number of pyridine rings is 1. The van der Waals surface area contributed by atoms with Gasteiger partial charge in [0, 0.05) is 36.4 Å². The van der Waals surface area contributed by atoms with Crippen molar-refractivity contribution in [2.75, 3.05) is 0 Å². The van der Waals surface area contributed by atoms with Crippen LogP contribution in [-0.2, 0) is 11.2 Å². The summed E-state index contributed by atoms with van der Waals surface area (Å²) < 4.78 is 5.89. The van der Waals surface area contributed by atoms with Gasteiger partial charge in [0.2, 0.25) is 0 Å². The number of hydrogen-bond acceptors (Lipinski definition) is 4. The molecule has 7 heteroatoms. The fourth-order valence-corrected chi connectivity index (χ4v) is 2.69. The Bertz CT molecular complexity index is 895. The minimum absolute atomic E-state index is 0.0622. The molecule has 1 aromatic carbocycles. The molecule has 3 rings (SSSR count). The smallest absolute Gasteiger partial charge is 0.303 e. The van der Waals surface area contributed by atoms with Gasteiger partial charge < -0.3 is 9.52 Å². The number of carboxylic acid groups (broad SMARTS) is 1. The fraction of sp³-hybridized carbons (Fsp3) is 0.167. The van der Waals surface area contributed by atoms with Crippen LogP contribution >= 0.6 is 23.2 Å². The third-order valence-electron chi connectivity index (χ3n) is 3.57. The predicted octanol–water partition coefficient (Wildman–Crippen LogP) is 5.12. The second-order valence-corrected chi connectivity index (χ2v) is 6.22. The molecule has 0 saturated heterocycles. The molecular formula is C18H14Cl2N2O3. The summed E-state index contributed by atoms with van der Waals surface area (Å²) >= 11 is 12.1. The number of oxazole rings is 1. The van der Waals surface area contributed by atoms with Crippen LogP contribution in [0.2, 0.25) is 10.0 Å². The number of carboxylic acids is 1. The normalized spacial score (nSPS) is 10.8. The molecule has 0 aliphatic heterocycles. The maximum atomic E-state index is 10.7. The number of rotatable bonds is 6. The molecule has 2 heterocycles. The molecule has 3 aromatic rings. The van der Waals surface area contributed by atoms with Crippen molar-refractivity contribution in [3.05, 3.63) is 58.7 Å². The first-order valence-electron chi connectivity index (χ1n) is 7.62. The van der Waals surface area contributed by atoms with Gasteiger partial charge in [-0.1, -0.05) is 29.3 Å². The van der Waals surface area contributed by atoms with Gasteiger partial charge in [-0.15, -0.1) is 0 Å². The summed E-state index contributed by atoms with van der Waals surface area (Å²) in [5.41, 5.74) is 2.17. The van der Waals surface area contributed by atoms with E-state index in [-0.39, 0.29) is 6.42 Å². The number of nitrogens with zero attached hydrogens (tertiary/aromatic N) is 2. The molecule has 128 valence electrons. The maximum absolute atomic E-state index is 10.7. The van der Waals surface area contributed by atoms with Gasteiger partial charge in [-0.25, -0.2) is 4.98 Å². The van der Waals surface area contributed by atoms with Crippen molar-refractivity contribution >= 4 is 29.2 Å². The standard InChI is InChI=1S/C18H14Cl2N2O3/c19-13-7-6-11(9-14(13)20)17-18(12-3-2-8-21-10-12)25-15(22-17)4-1-5-16(23)24/h2-3,6-10H,1,4-5H2,(H,23,24). The fourth-order valence-electron chi connectivity index (χ4n) is 2.39. The number of aryl methyl sites for hydroxylation is 1. The lowest BCUT2D eigenvalue weighted by atomic mass is 10.1. The summed E-state index contributed by atoms with van der Waals surface area (Å²) in [6.45, 7) is 0. The second kappa shape index (κ2) is 7.68. The number of carbonyl (C=O) groups is 1. The third kappa shape index (κ3) is 4.18. The zero-order valence-corrected chi connectivity index (χ0v) is 14.6. The van der Waals surface area contributed by atoms with E-state index in [0.29, 0.717) is 40.2 Å². The monoisotopic (exact) mass is 376 g/mol. The number of halogens is 2. The molecule has 0 aliphatic carbocycles. The van der Waals surface area contributed by atoms with Crippen molar-refractivity contribution in [2.24, 2.45) is 0 Å². The Labute approximate surface area is 154 Å². The van der Waals surface area contributed by atoms with E-state index in [9.17, 15) is 4.79 Å². The van der Waals surface area contributed by atoms with Gasteiger partial charge in [0.15, 0.2) is 11.7 Å². The van der Waals surface area contributed by atoms with Crippen LogP contribution in [0.15, 0.2) is 47.1 Å². The minimum Gasteiger partial charge on any atom is -0.481 e. The summed E-state index contributed by atoms with van der Waals surface area (Å²) in [6, 6.07) is 8.91. The molecule has 0 spiro atoms. The quantitative estimate of drug-likeness (QED) is 0.645. The van der Waals surface area contributed by atoms with Crippen molar-refractivity contribution < 1.29 is 14.3 Å². The first-order valence-corrected chi connectivity index (χ1v) is 8.37. The molecule has 0 aliphatic rings. The third-order valence-corrected chi connectivity index (χ3v) is 4.31. The Kier molecular flexibility index (Phi) is 5.36. The van der Waals surface area contributed by atoms with Crippen LogP contribution in [0.5, 0.6) is 0 Å². The Morgan fingerprint density at radius 2 is 2.00 bits per heavy atom. The van der Waals surface area contributed by atoms with Crippen LogP contribution in [0.25, 0.3) is 22.6 Å². The van der Waals surface area contributed by atoms with E-state index in [1.807, 2.05) is 12.1 Å². The molecule has 2 aromatic heterocycles. The lowest BCUT2D eigenvalue weighted by Crippen LogP contribution is -1.95. The topological polar surface area (TPSA) is 76.2 Å². The van der Waals surface area contributed by atoms with Crippen molar-refractivity contribution in [3.63, 3.8) is 0 Å². The zero-order valence-electron chi connectivity index (χ0n) is 13.1.